The van der Waals surface area contributed by atoms with Gasteiger partial charge in [-0.25, -0.2) is 0 Å². The minimum absolute atomic E-state index is 0.301. The zero-order valence-electron chi connectivity index (χ0n) is 6.71. The SMILES string of the molecule is CC=CCOCC(O)CC. The summed E-state index contributed by atoms with van der Waals surface area (Å²) < 4.78 is 5.09. The van der Waals surface area contributed by atoms with Gasteiger partial charge >= 0.3 is 0 Å². The maximum atomic E-state index is 9.01. The normalized spacial score (nSPS) is 14.3. The van der Waals surface area contributed by atoms with Crippen molar-refractivity contribution in [1.29, 1.82) is 0 Å². The number of ether oxygens (including phenoxy) is 1. The first-order chi connectivity index (χ1) is 4.81. The molecule has 0 fully saturated rings. The molecule has 0 aliphatic carbocycles. The number of aliphatic hydroxyl groups is 1. The van der Waals surface area contributed by atoms with Gasteiger partial charge in [-0.1, -0.05) is 19.1 Å². The molecule has 0 aliphatic rings. The molecule has 0 saturated heterocycles. The predicted octanol–water partition coefficient (Wildman–Crippen LogP) is 1.35. The topological polar surface area (TPSA) is 29.5 Å². The van der Waals surface area contributed by atoms with Crippen LogP contribution in [0.2, 0.25) is 0 Å². The van der Waals surface area contributed by atoms with Crippen LogP contribution in [0.1, 0.15) is 20.3 Å². The lowest BCUT2D eigenvalue weighted by molar-refractivity contribution is 0.0473. The molecule has 1 unspecified atom stereocenters. The maximum absolute atomic E-state index is 9.01. The summed E-state index contributed by atoms with van der Waals surface area (Å²) in [4.78, 5) is 0. The molecule has 0 rings (SSSR count). The molecule has 0 saturated carbocycles. The Kier molecular flexibility index (Phi) is 6.55. The molecule has 60 valence electrons. The summed E-state index contributed by atoms with van der Waals surface area (Å²) in [6, 6.07) is 0. The van der Waals surface area contributed by atoms with Gasteiger partial charge in [-0.3, -0.25) is 0 Å². The van der Waals surface area contributed by atoms with E-state index in [4.69, 9.17) is 9.84 Å². The lowest BCUT2D eigenvalue weighted by Crippen LogP contribution is -2.13. The first-order valence-electron chi connectivity index (χ1n) is 3.68. The monoisotopic (exact) mass is 144 g/mol. The first-order valence-corrected chi connectivity index (χ1v) is 3.68. The fraction of sp³-hybridized carbons (Fsp3) is 0.750. The number of rotatable bonds is 5. The highest BCUT2D eigenvalue weighted by Gasteiger charge is 1.97. The van der Waals surface area contributed by atoms with E-state index in [1.807, 2.05) is 26.0 Å². The van der Waals surface area contributed by atoms with Crippen molar-refractivity contribution in [2.24, 2.45) is 0 Å². The predicted molar refractivity (Wildman–Crippen MR) is 41.9 cm³/mol. The molecule has 0 heterocycles. The number of hydrogen-bond acceptors (Lipinski definition) is 2. The van der Waals surface area contributed by atoms with E-state index in [0.29, 0.717) is 13.2 Å². The van der Waals surface area contributed by atoms with Crippen LogP contribution in [0, 0.1) is 0 Å². The van der Waals surface area contributed by atoms with Crippen molar-refractivity contribution in [3.8, 4) is 0 Å². The van der Waals surface area contributed by atoms with Crippen LogP contribution in [-0.4, -0.2) is 24.4 Å². The Morgan fingerprint density at radius 2 is 2.30 bits per heavy atom. The molecular formula is C8H16O2. The third-order valence-corrected chi connectivity index (χ3v) is 1.23. The van der Waals surface area contributed by atoms with E-state index in [2.05, 4.69) is 0 Å². The second kappa shape index (κ2) is 6.78. The summed E-state index contributed by atoms with van der Waals surface area (Å²) in [7, 11) is 0. The highest BCUT2D eigenvalue weighted by atomic mass is 16.5. The van der Waals surface area contributed by atoms with Crippen LogP contribution in [0.15, 0.2) is 12.2 Å². The van der Waals surface area contributed by atoms with Crippen molar-refractivity contribution >= 4 is 0 Å². The maximum Gasteiger partial charge on any atom is 0.0771 e. The molecule has 0 bridgehead atoms. The number of aliphatic hydroxyl groups excluding tert-OH is 1. The molecule has 2 nitrogen and oxygen atoms in total. The van der Waals surface area contributed by atoms with Crippen LogP contribution in [-0.2, 0) is 4.74 Å². The van der Waals surface area contributed by atoms with Gasteiger partial charge in [0.15, 0.2) is 0 Å². The Bertz CT molecular complexity index is 89.3. The second-order valence-corrected chi connectivity index (χ2v) is 2.17. The van der Waals surface area contributed by atoms with Gasteiger partial charge in [0.05, 0.1) is 19.3 Å². The van der Waals surface area contributed by atoms with E-state index in [-0.39, 0.29) is 6.10 Å². The summed E-state index contributed by atoms with van der Waals surface area (Å²) in [5.41, 5.74) is 0. The van der Waals surface area contributed by atoms with E-state index in [9.17, 15) is 0 Å². The third-order valence-electron chi connectivity index (χ3n) is 1.23. The Morgan fingerprint density at radius 3 is 2.80 bits per heavy atom. The van der Waals surface area contributed by atoms with Crippen LogP contribution < -0.4 is 0 Å². The van der Waals surface area contributed by atoms with Gasteiger partial charge in [0, 0.05) is 0 Å². The van der Waals surface area contributed by atoms with E-state index >= 15 is 0 Å². The van der Waals surface area contributed by atoms with E-state index in [0.717, 1.165) is 6.42 Å². The summed E-state index contributed by atoms with van der Waals surface area (Å²) in [5.74, 6) is 0. The van der Waals surface area contributed by atoms with Gasteiger partial charge in [0.25, 0.3) is 0 Å². The molecule has 0 aliphatic heterocycles. The quantitative estimate of drug-likeness (QED) is 0.466. The Morgan fingerprint density at radius 1 is 1.60 bits per heavy atom. The standard InChI is InChI=1S/C8H16O2/c1-3-5-6-10-7-8(9)4-2/h3,5,8-9H,4,6-7H2,1-2H3. The van der Waals surface area contributed by atoms with Crippen LogP contribution >= 0.6 is 0 Å². The second-order valence-electron chi connectivity index (χ2n) is 2.17. The molecule has 0 aromatic carbocycles. The smallest absolute Gasteiger partial charge is 0.0771 e. The Hall–Kier alpha value is -0.340. The number of hydrogen-bond donors (Lipinski definition) is 1. The molecule has 2 heteroatoms. The van der Waals surface area contributed by atoms with Crippen molar-refractivity contribution in [2.45, 2.75) is 26.4 Å². The first kappa shape index (κ1) is 9.66. The molecule has 1 N–H and O–H groups in total. The molecule has 0 spiro atoms. The highest BCUT2D eigenvalue weighted by molar-refractivity contribution is 4.75. The average molecular weight is 144 g/mol. The summed E-state index contributed by atoms with van der Waals surface area (Å²) >= 11 is 0. The third kappa shape index (κ3) is 5.79. The minimum atomic E-state index is -0.301. The van der Waals surface area contributed by atoms with Gasteiger partial charge in [0.1, 0.15) is 0 Å². The van der Waals surface area contributed by atoms with Crippen LogP contribution in [0.25, 0.3) is 0 Å². The Balaban J connectivity index is 3.03. The van der Waals surface area contributed by atoms with Crippen LogP contribution in [0.3, 0.4) is 0 Å². The van der Waals surface area contributed by atoms with Gasteiger partial charge < -0.3 is 9.84 Å². The largest absolute Gasteiger partial charge is 0.391 e. The highest BCUT2D eigenvalue weighted by Crippen LogP contribution is 1.90. The van der Waals surface area contributed by atoms with E-state index < -0.39 is 0 Å². The zero-order valence-corrected chi connectivity index (χ0v) is 6.71. The zero-order chi connectivity index (χ0) is 7.82. The minimum Gasteiger partial charge on any atom is -0.391 e. The average Bonchev–Trinajstić information content (AvgIpc) is 1.98. The van der Waals surface area contributed by atoms with Gasteiger partial charge in [0.2, 0.25) is 0 Å². The summed E-state index contributed by atoms with van der Waals surface area (Å²) in [6.07, 6.45) is 4.31. The van der Waals surface area contributed by atoms with Crippen molar-refractivity contribution in [2.75, 3.05) is 13.2 Å². The number of allylic oxidation sites excluding steroid dienone is 1. The van der Waals surface area contributed by atoms with Gasteiger partial charge in [-0.2, -0.15) is 0 Å². The van der Waals surface area contributed by atoms with Crippen molar-refractivity contribution < 1.29 is 9.84 Å². The molecule has 1 atom stereocenters. The van der Waals surface area contributed by atoms with Gasteiger partial charge in [-0.15, -0.1) is 0 Å². The van der Waals surface area contributed by atoms with E-state index in [1.165, 1.54) is 0 Å². The van der Waals surface area contributed by atoms with Crippen molar-refractivity contribution in [1.82, 2.24) is 0 Å². The summed E-state index contributed by atoms with van der Waals surface area (Å²) in [6.45, 7) is 4.93. The molecular weight excluding hydrogens is 128 g/mol. The van der Waals surface area contributed by atoms with Crippen molar-refractivity contribution in [3.63, 3.8) is 0 Å². The molecule has 0 aromatic heterocycles. The van der Waals surface area contributed by atoms with Crippen molar-refractivity contribution in [3.05, 3.63) is 12.2 Å². The fourth-order valence-corrected chi connectivity index (χ4v) is 0.486. The van der Waals surface area contributed by atoms with Gasteiger partial charge in [-0.05, 0) is 13.3 Å². The lowest BCUT2D eigenvalue weighted by Gasteiger charge is -2.05. The molecule has 0 radical (unpaired) electrons. The molecule has 0 amide bonds. The fourth-order valence-electron chi connectivity index (χ4n) is 0.486. The van der Waals surface area contributed by atoms with Crippen LogP contribution in [0.5, 0.6) is 0 Å². The lowest BCUT2D eigenvalue weighted by atomic mass is 10.3. The summed E-state index contributed by atoms with van der Waals surface area (Å²) in [5, 5.41) is 9.01. The Labute approximate surface area is 62.5 Å². The molecule has 10 heavy (non-hydrogen) atoms. The molecule has 0 aromatic rings. The van der Waals surface area contributed by atoms with E-state index in [1.54, 1.807) is 0 Å². The van der Waals surface area contributed by atoms with Crippen LogP contribution in [0.4, 0.5) is 0 Å².